The van der Waals surface area contributed by atoms with Gasteiger partial charge in [0.2, 0.25) is 0 Å². The van der Waals surface area contributed by atoms with Crippen molar-refractivity contribution in [3.8, 4) is 0 Å². The molecule has 0 aromatic rings. The van der Waals surface area contributed by atoms with E-state index in [4.69, 9.17) is 18.9 Å². The van der Waals surface area contributed by atoms with Crippen LogP contribution in [-0.2, 0) is 33.3 Å². The molecule has 0 radical (unpaired) electrons. The van der Waals surface area contributed by atoms with Gasteiger partial charge in [0, 0.05) is 43.9 Å². The molecule has 2 bridgehead atoms. The van der Waals surface area contributed by atoms with Crippen molar-refractivity contribution >= 4 is 17.9 Å². The summed E-state index contributed by atoms with van der Waals surface area (Å²) in [4.78, 5) is 37.7. The Kier molecular flexibility index (Phi) is 10.1. The van der Waals surface area contributed by atoms with E-state index in [2.05, 4.69) is 6.58 Å². The lowest BCUT2D eigenvalue weighted by Gasteiger charge is -2.55. The number of aliphatic hydroxyl groups excluding tert-OH is 1. The van der Waals surface area contributed by atoms with Gasteiger partial charge in [-0.3, -0.25) is 14.4 Å². The maximum Gasteiger partial charge on any atom is 0.306 e. The van der Waals surface area contributed by atoms with Crippen molar-refractivity contribution in [1.29, 1.82) is 0 Å². The zero-order chi connectivity index (χ0) is 30.2. The molecule has 11 unspecified atom stereocenters. The van der Waals surface area contributed by atoms with E-state index >= 15 is 0 Å². The van der Waals surface area contributed by atoms with Gasteiger partial charge in [-0.05, 0) is 44.6 Å². The number of fused-ring (bicyclic) bond motifs is 5. The van der Waals surface area contributed by atoms with Crippen molar-refractivity contribution in [3.05, 3.63) is 12.2 Å². The van der Waals surface area contributed by atoms with Crippen LogP contribution in [0.5, 0.6) is 0 Å². The first kappa shape index (κ1) is 32.5. The van der Waals surface area contributed by atoms with Gasteiger partial charge in [0.25, 0.3) is 0 Å². The van der Waals surface area contributed by atoms with Crippen molar-refractivity contribution in [2.45, 2.75) is 135 Å². The van der Waals surface area contributed by atoms with E-state index in [1.54, 1.807) is 0 Å². The predicted octanol–water partition coefficient (Wildman–Crippen LogP) is 2.84. The molecule has 0 amide bonds. The second-order valence-corrected chi connectivity index (χ2v) is 12.5. The van der Waals surface area contributed by atoms with E-state index in [1.165, 1.54) is 20.8 Å². The number of carbonyl (C=O) groups excluding carboxylic acids is 3. The molecule has 2 saturated heterocycles. The Morgan fingerprint density at radius 2 is 1.60 bits per heavy atom. The highest BCUT2D eigenvalue weighted by molar-refractivity contribution is 5.70. The van der Waals surface area contributed by atoms with E-state index in [-0.39, 0.29) is 31.6 Å². The van der Waals surface area contributed by atoms with Crippen LogP contribution in [0.15, 0.2) is 12.2 Å². The fourth-order valence-electron chi connectivity index (χ4n) is 7.17. The van der Waals surface area contributed by atoms with E-state index in [9.17, 15) is 29.7 Å². The number of esters is 3. The highest BCUT2D eigenvalue weighted by atomic mass is 16.6. The molecule has 3 rings (SSSR count). The molecular weight excluding hydrogens is 520 g/mol. The van der Waals surface area contributed by atoms with Crippen LogP contribution in [0.2, 0.25) is 0 Å². The van der Waals surface area contributed by atoms with Crippen LogP contribution in [0.4, 0.5) is 0 Å². The summed E-state index contributed by atoms with van der Waals surface area (Å²) in [5.74, 6) is -3.56. The molecule has 0 aromatic carbocycles. The predicted molar refractivity (Wildman–Crippen MR) is 145 cm³/mol. The van der Waals surface area contributed by atoms with Crippen LogP contribution >= 0.6 is 0 Å². The summed E-state index contributed by atoms with van der Waals surface area (Å²) in [6.45, 7) is 15.9. The third-order valence-corrected chi connectivity index (χ3v) is 8.97. The largest absolute Gasteiger partial charge is 0.459 e. The lowest BCUT2D eigenvalue weighted by molar-refractivity contribution is -0.243. The second kappa shape index (κ2) is 12.5. The lowest BCUT2D eigenvalue weighted by Crippen LogP contribution is -2.68. The monoisotopic (exact) mass is 568 g/mol. The number of aliphatic hydroxyl groups is 3. The van der Waals surface area contributed by atoms with Crippen molar-refractivity contribution in [3.63, 3.8) is 0 Å². The van der Waals surface area contributed by atoms with Gasteiger partial charge in [0.05, 0.1) is 18.3 Å². The van der Waals surface area contributed by atoms with Crippen LogP contribution in [0.25, 0.3) is 0 Å². The summed E-state index contributed by atoms with van der Waals surface area (Å²) >= 11 is 0. The Balaban J connectivity index is 2.20. The fraction of sp³-hybridized carbons (Fsp3) is 0.833. The summed E-state index contributed by atoms with van der Waals surface area (Å²) in [6.07, 6.45) is -4.63. The van der Waals surface area contributed by atoms with Crippen LogP contribution < -0.4 is 0 Å². The van der Waals surface area contributed by atoms with E-state index in [1.807, 2.05) is 27.7 Å². The first-order chi connectivity index (χ1) is 18.6. The standard InChI is InChI=1S/C30H48O10/c1-9-11-21(33)39-20-14-18(32)16(5)13-19-25-24(27(38-19)29(20,7)35)23(15(3)4)26(40-22(34)12-10-2)28(30(25,8)36)37-17(6)31/h15,18-20,23-28,32,35-36H,5,9-14H2,1-4,6-8H3. The molecule has 3 N–H and O–H groups in total. The quantitative estimate of drug-likeness (QED) is 0.227. The second-order valence-electron chi connectivity index (χ2n) is 12.5. The Labute approximate surface area is 237 Å². The average Bonchev–Trinajstić information content (AvgIpc) is 3.21. The highest BCUT2D eigenvalue weighted by Gasteiger charge is 2.70. The van der Waals surface area contributed by atoms with E-state index < -0.39 is 83.5 Å². The van der Waals surface area contributed by atoms with Gasteiger partial charge < -0.3 is 34.3 Å². The van der Waals surface area contributed by atoms with Crippen molar-refractivity contribution < 1.29 is 48.7 Å². The Hall–Kier alpha value is -2.01. The zero-order valence-electron chi connectivity index (χ0n) is 24.9. The van der Waals surface area contributed by atoms with Crippen LogP contribution in [0.1, 0.15) is 87.0 Å². The van der Waals surface area contributed by atoms with E-state index in [0.29, 0.717) is 18.4 Å². The number of ether oxygens (including phenoxy) is 4. The van der Waals surface area contributed by atoms with Gasteiger partial charge in [-0.15, -0.1) is 0 Å². The normalized spacial score (nSPS) is 41.4. The number of hydrogen-bond donors (Lipinski definition) is 3. The topological polar surface area (TPSA) is 149 Å². The molecule has 3 fully saturated rings. The lowest BCUT2D eigenvalue weighted by atomic mass is 9.55. The summed E-state index contributed by atoms with van der Waals surface area (Å²) in [5, 5.41) is 35.3. The molecule has 40 heavy (non-hydrogen) atoms. The van der Waals surface area contributed by atoms with Crippen LogP contribution in [0.3, 0.4) is 0 Å². The molecule has 2 aliphatic heterocycles. The maximum absolute atomic E-state index is 12.8. The fourth-order valence-corrected chi connectivity index (χ4v) is 7.17. The molecule has 11 atom stereocenters. The molecule has 228 valence electrons. The molecule has 10 heteroatoms. The zero-order valence-corrected chi connectivity index (χ0v) is 24.9. The average molecular weight is 569 g/mol. The van der Waals surface area contributed by atoms with Crippen molar-refractivity contribution in [1.82, 2.24) is 0 Å². The molecule has 3 aliphatic rings. The van der Waals surface area contributed by atoms with Crippen LogP contribution in [-0.4, -0.2) is 81.1 Å². The molecule has 10 nitrogen and oxygen atoms in total. The molecule has 0 spiro atoms. The van der Waals surface area contributed by atoms with Crippen LogP contribution in [0, 0.1) is 23.7 Å². The summed E-state index contributed by atoms with van der Waals surface area (Å²) < 4.78 is 24.0. The van der Waals surface area contributed by atoms with Gasteiger partial charge in [-0.25, -0.2) is 0 Å². The number of carbonyl (C=O) groups is 3. The Morgan fingerprint density at radius 3 is 2.12 bits per heavy atom. The molecule has 1 saturated carbocycles. The van der Waals surface area contributed by atoms with Gasteiger partial charge >= 0.3 is 17.9 Å². The molecule has 1 aliphatic carbocycles. The summed E-state index contributed by atoms with van der Waals surface area (Å²) in [7, 11) is 0. The number of hydrogen-bond acceptors (Lipinski definition) is 10. The smallest absolute Gasteiger partial charge is 0.306 e. The molecule has 0 aromatic heterocycles. The Morgan fingerprint density at radius 1 is 1.02 bits per heavy atom. The third-order valence-electron chi connectivity index (χ3n) is 8.97. The SMILES string of the molecule is C=C1CC2OC(C3C(C(C)C)C(OC(=O)CCC)C(OC(C)=O)C(C)(O)C23)C(C)(O)C(OC(=O)CCC)CC1O. The highest BCUT2D eigenvalue weighted by Crippen LogP contribution is 2.58. The van der Waals surface area contributed by atoms with Crippen molar-refractivity contribution in [2.24, 2.45) is 23.7 Å². The molecule has 2 heterocycles. The first-order valence-electron chi connectivity index (χ1n) is 14.6. The minimum absolute atomic E-state index is 0.0705. The first-order valence-corrected chi connectivity index (χ1v) is 14.6. The van der Waals surface area contributed by atoms with E-state index in [0.717, 1.165) is 0 Å². The van der Waals surface area contributed by atoms with Gasteiger partial charge in [-0.1, -0.05) is 34.3 Å². The minimum atomic E-state index is -1.79. The van der Waals surface area contributed by atoms with Gasteiger partial charge in [0.1, 0.15) is 23.4 Å². The Bertz CT molecular complexity index is 956. The summed E-state index contributed by atoms with van der Waals surface area (Å²) in [5.41, 5.74) is -3.12. The third kappa shape index (κ3) is 6.25. The van der Waals surface area contributed by atoms with Gasteiger partial charge in [0.15, 0.2) is 6.10 Å². The molecular formula is C30H48O10. The summed E-state index contributed by atoms with van der Waals surface area (Å²) in [6, 6.07) is 0. The van der Waals surface area contributed by atoms with Crippen molar-refractivity contribution in [2.75, 3.05) is 0 Å². The number of rotatable bonds is 8. The van der Waals surface area contributed by atoms with Gasteiger partial charge in [-0.2, -0.15) is 0 Å². The maximum atomic E-state index is 12.8. The minimum Gasteiger partial charge on any atom is -0.459 e.